The molecule has 6 heteroatoms. The van der Waals surface area contributed by atoms with Crippen molar-refractivity contribution < 1.29 is 14.6 Å². The number of benzene rings is 2. The van der Waals surface area contributed by atoms with Crippen molar-refractivity contribution in [2.24, 2.45) is 0 Å². The second-order valence-corrected chi connectivity index (χ2v) is 7.04. The van der Waals surface area contributed by atoms with Gasteiger partial charge in [0.15, 0.2) is 0 Å². The zero-order chi connectivity index (χ0) is 19.8. The lowest BCUT2D eigenvalue weighted by molar-refractivity contribution is 0.0627. The highest BCUT2D eigenvalue weighted by Gasteiger charge is 2.20. The van der Waals surface area contributed by atoms with E-state index in [4.69, 9.17) is 9.84 Å². The van der Waals surface area contributed by atoms with E-state index in [1.165, 1.54) is 11.1 Å². The topological polar surface area (TPSA) is 65.0 Å². The number of hydrogen-bond acceptors (Lipinski definition) is 4. The van der Waals surface area contributed by atoms with E-state index < -0.39 is 0 Å². The predicted molar refractivity (Wildman–Crippen MR) is 112 cm³/mol. The fourth-order valence-electron chi connectivity index (χ4n) is 3.23. The largest absolute Gasteiger partial charge is 0.394 e. The predicted octanol–water partition coefficient (Wildman–Crippen LogP) is 2.82. The molecule has 1 saturated heterocycles. The Bertz CT molecular complexity index is 739. The monoisotopic (exact) mass is 383 g/mol. The minimum absolute atomic E-state index is 0.0555. The van der Waals surface area contributed by atoms with Gasteiger partial charge in [0, 0.05) is 38.4 Å². The van der Waals surface area contributed by atoms with Crippen LogP contribution in [0.3, 0.4) is 0 Å². The van der Waals surface area contributed by atoms with Crippen LogP contribution in [0.5, 0.6) is 0 Å². The van der Waals surface area contributed by atoms with Crippen LogP contribution in [0.15, 0.2) is 48.5 Å². The summed E-state index contributed by atoms with van der Waals surface area (Å²) in [7, 11) is 0. The molecule has 0 unspecified atom stereocenters. The molecule has 1 fully saturated rings. The van der Waals surface area contributed by atoms with Gasteiger partial charge >= 0.3 is 6.03 Å². The summed E-state index contributed by atoms with van der Waals surface area (Å²) in [5.41, 5.74) is 4.35. The molecule has 150 valence electrons. The molecule has 2 N–H and O–H groups in total. The molecule has 2 aromatic rings. The standard InChI is InChI=1S/C22H29N3O3/c1-18-2-4-19(5-3-18)20-6-8-21(9-7-20)23-22(27)25-12-10-24(11-13-25)14-16-28-17-15-26/h2-9,26H,10-17H2,1H3,(H,23,27). The first kappa shape index (κ1) is 20.3. The molecule has 2 amide bonds. The number of aliphatic hydroxyl groups excluding tert-OH is 1. The van der Waals surface area contributed by atoms with E-state index in [1.54, 1.807) is 0 Å². The zero-order valence-electron chi connectivity index (χ0n) is 16.4. The van der Waals surface area contributed by atoms with Gasteiger partial charge in [0.2, 0.25) is 0 Å². The minimum Gasteiger partial charge on any atom is -0.394 e. The average Bonchev–Trinajstić information content (AvgIpc) is 2.73. The van der Waals surface area contributed by atoms with Crippen LogP contribution in [-0.2, 0) is 4.74 Å². The molecule has 0 radical (unpaired) electrons. The molecule has 0 bridgehead atoms. The summed E-state index contributed by atoms with van der Waals surface area (Å²) < 4.78 is 5.30. The van der Waals surface area contributed by atoms with Crippen LogP contribution >= 0.6 is 0 Å². The Morgan fingerprint density at radius 1 is 0.964 bits per heavy atom. The first-order valence-corrected chi connectivity index (χ1v) is 9.80. The lowest BCUT2D eigenvalue weighted by Gasteiger charge is -2.34. The molecule has 1 aliphatic heterocycles. The van der Waals surface area contributed by atoms with Gasteiger partial charge in [-0.1, -0.05) is 42.0 Å². The Kier molecular flexibility index (Phi) is 7.42. The first-order chi connectivity index (χ1) is 13.7. The van der Waals surface area contributed by atoms with Gasteiger partial charge in [-0.3, -0.25) is 4.90 Å². The zero-order valence-corrected chi connectivity index (χ0v) is 16.4. The van der Waals surface area contributed by atoms with E-state index in [0.717, 1.165) is 30.9 Å². The Hall–Kier alpha value is -2.41. The molecule has 0 aromatic heterocycles. The Labute approximate surface area is 166 Å². The average molecular weight is 383 g/mol. The van der Waals surface area contributed by atoms with Crippen molar-refractivity contribution in [3.8, 4) is 11.1 Å². The van der Waals surface area contributed by atoms with Crippen molar-refractivity contribution >= 4 is 11.7 Å². The summed E-state index contributed by atoms with van der Waals surface area (Å²) >= 11 is 0. The Morgan fingerprint density at radius 2 is 1.57 bits per heavy atom. The molecule has 0 aliphatic carbocycles. The third-order valence-electron chi connectivity index (χ3n) is 4.97. The van der Waals surface area contributed by atoms with E-state index in [2.05, 4.69) is 41.4 Å². The van der Waals surface area contributed by atoms with Crippen LogP contribution < -0.4 is 5.32 Å². The maximum Gasteiger partial charge on any atom is 0.321 e. The highest BCUT2D eigenvalue weighted by molar-refractivity contribution is 5.89. The molecule has 2 aromatic carbocycles. The van der Waals surface area contributed by atoms with E-state index >= 15 is 0 Å². The van der Waals surface area contributed by atoms with Gasteiger partial charge in [0.25, 0.3) is 0 Å². The second-order valence-electron chi connectivity index (χ2n) is 7.04. The molecule has 28 heavy (non-hydrogen) atoms. The van der Waals surface area contributed by atoms with Crippen molar-refractivity contribution in [1.29, 1.82) is 0 Å². The SMILES string of the molecule is Cc1ccc(-c2ccc(NC(=O)N3CCN(CCOCCO)CC3)cc2)cc1. The highest BCUT2D eigenvalue weighted by Crippen LogP contribution is 2.22. The number of aryl methyl sites for hydroxylation is 1. The summed E-state index contributed by atoms with van der Waals surface area (Å²) in [6.45, 7) is 7.03. The van der Waals surface area contributed by atoms with Gasteiger partial charge in [-0.25, -0.2) is 4.79 Å². The van der Waals surface area contributed by atoms with Gasteiger partial charge in [-0.2, -0.15) is 0 Å². The van der Waals surface area contributed by atoms with Crippen molar-refractivity contribution in [2.75, 3.05) is 57.9 Å². The lowest BCUT2D eigenvalue weighted by Crippen LogP contribution is -2.50. The fraction of sp³-hybridized carbons (Fsp3) is 0.409. The smallest absolute Gasteiger partial charge is 0.321 e. The van der Waals surface area contributed by atoms with E-state index in [1.807, 2.05) is 29.2 Å². The number of carbonyl (C=O) groups excluding carboxylic acids is 1. The van der Waals surface area contributed by atoms with Crippen LogP contribution in [0.4, 0.5) is 10.5 Å². The normalized spacial score (nSPS) is 14.9. The van der Waals surface area contributed by atoms with Gasteiger partial charge in [0.05, 0.1) is 19.8 Å². The van der Waals surface area contributed by atoms with Crippen LogP contribution in [-0.4, -0.2) is 73.5 Å². The van der Waals surface area contributed by atoms with Crippen molar-refractivity contribution in [2.45, 2.75) is 6.92 Å². The Balaban J connectivity index is 1.45. The maximum absolute atomic E-state index is 12.5. The number of ether oxygens (including phenoxy) is 1. The number of anilines is 1. The van der Waals surface area contributed by atoms with Gasteiger partial charge in [0.1, 0.15) is 0 Å². The van der Waals surface area contributed by atoms with Crippen molar-refractivity contribution in [1.82, 2.24) is 9.80 Å². The summed E-state index contributed by atoms with van der Waals surface area (Å²) in [5.74, 6) is 0. The summed E-state index contributed by atoms with van der Waals surface area (Å²) in [5, 5.41) is 11.7. The van der Waals surface area contributed by atoms with E-state index in [9.17, 15) is 4.79 Å². The van der Waals surface area contributed by atoms with E-state index in [0.29, 0.717) is 26.3 Å². The quantitative estimate of drug-likeness (QED) is 0.722. The summed E-state index contributed by atoms with van der Waals surface area (Å²) in [4.78, 5) is 16.6. The third-order valence-corrected chi connectivity index (χ3v) is 4.97. The lowest BCUT2D eigenvalue weighted by atomic mass is 10.0. The molecule has 3 rings (SSSR count). The molecular weight excluding hydrogens is 354 g/mol. The molecule has 1 aliphatic rings. The van der Waals surface area contributed by atoms with E-state index in [-0.39, 0.29) is 12.6 Å². The van der Waals surface area contributed by atoms with Crippen molar-refractivity contribution in [3.63, 3.8) is 0 Å². The summed E-state index contributed by atoms with van der Waals surface area (Å²) in [6, 6.07) is 16.3. The molecular formula is C22H29N3O3. The number of hydrogen-bond donors (Lipinski definition) is 2. The van der Waals surface area contributed by atoms with Crippen LogP contribution in [0.2, 0.25) is 0 Å². The van der Waals surface area contributed by atoms with Crippen LogP contribution in [0.25, 0.3) is 11.1 Å². The maximum atomic E-state index is 12.5. The number of urea groups is 1. The molecule has 6 nitrogen and oxygen atoms in total. The van der Waals surface area contributed by atoms with Crippen molar-refractivity contribution in [3.05, 3.63) is 54.1 Å². The van der Waals surface area contributed by atoms with Gasteiger partial charge in [-0.05, 0) is 30.2 Å². The second kappa shape index (κ2) is 10.2. The number of aliphatic hydroxyl groups is 1. The van der Waals surface area contributed by atoms with Gasteiger partial charge in [-0.15, -0.1) is 0 Å². The highest BCUT2D eigenvalue weighted by atomic mass is 16.5. The minimum atomic E-state index is -0.0562. The van der Waals surface area contributed by atoms with Gasteiger partial charge < -0.3 is 20.1 Å². The van der Waals surface area contributed by atoms with Crippen LogP contribution in [0.1, 0.15) is 5.56 Å². The number of rotatable bonds is 7. The molecule has 1 heterocycles. The Morgan fingerprint density at radius 3 is 2.18 bits per heavy atom. The van der Waals surface area contributed by atoms with Crippen LogP contribution in [0, 0.1) is 6.92 Å². The number of amides is 2. The first-order valence-electron chi connectivity index (χ1n) is 9.80. The third kappa shape index (κ3) is 5.79. The molecule has 0 atom stereocenters. The number of nitrogens with zero attached hydrogens (tertiary/aromatic N) is 2. The number of piperazine rings is 1. The number of carbonyl (C=O) groups is 1. The molecule has 0 spiro atoms. The molecule has 0 saturated carbocycles. The summed E-state index contributed by atoms with van der Waals surface area (Å²) in [6.07, 6.45) is 0. The fourth-order valence-corrected chi connectivity index (χ4v) is 3.23. The number of nitrogens with one attached hydrogen (secondary N) is 1.